The molecule has 8 heteroatoms. The van der Waals surface area contributed by atoms with Crippen molar-refractivity contribution < 1.29 is 14.3 Å². The van der Waals surface area contributed by atoms with Gasteiger partial charge in [0.2, 0.25) is 0 Å². The Balaban J connectivity index is 1.30. The summed E-state index contributed by atoms with van der Waals surface area (Å²) in [4.78, 5) is 36.9. The molecule has 3 aromatic rings. The number of fused-ring (bicyclic) bond motifs is 1. The van der Waals surface area contributed by atoms with E-state index in [9.17, 15) is 9.59 Å². The van der Waals surface area contributed by atoms with Gasteiger partial charge in [0.05, 0.1) is 19.3 Å². The van der Waals surface area contributed by atoms with E-state index in [-0.39, 0.29) is 30.5 Å². The zero-order chi connectivity index (χ0) is 25.9. The molecular weight excluding hydrogens is 466 g/mol. The maximum Gasteiger partial charge on any atom is 0.328 e. The van der Waals surface area contributed by atoms with Gasteiger partial charge in [0.25, 0.3) is 5.91 Å². The second kappa shape index (κ2) is 10.6. The maximum atomic E-state index is 12.9. The van der Waals surface area contributed by atoms with Crippen LogP contribution in [0.5, 0.6) is 0 Å². The third kappa shape index (κ3) is 5.28. The minimum absolute atomic E-state index is 0.178. The highest BCUT2D eigenvalue weighted by molar-refractivity contribution is 5.94. The third-order valence-corrected chi connectivity index (χ3v) is 7.52. The molecule has 192 valence electrons. The van der Waals surface area contributed by atoms with Crippen LogP contribution < -0.4 is 16.0 Å². The summed E-state index contributed by atoms with van der Waals surface area (Å²) in [6.07, 6.45) is 5.30. The summed E-state index contributed by atoms with van der Waals surface area (Å²) < 4.78 is 5.14. The molecule has 3 atom stereocenters. The molecule has 37 heavy (non-hydrogen) atoms. The summed E-state index contributed by atoms with van der Waals surface area (Å²) in [6, 6.07) is 16.9. The van der Waals surface area contributed by atoms with Gasteiger partial charge in [-0.2, -0.15) is 0 Å². The fourth-order valence-corrected chi connectivity index (χ4v) is 5.73. The van der Waals surface area contributed by atoms with Gasteiger partial charge in [0.15, 0.2) is 0 Å². The number of nitrogens with zero attached hydrogens (tertiary/aromatic N) is 3. The molecule has 2 fully saturated rings. The van der Waals surface area contributed by atoms with Crippen molar-refractivity contribution in [2.75, 3.05) is 17.7 Å². The summed E-state index contributed by atoms with van der Waals surface area (Å²) in [5.41, 5.74) is 9.82. The Kier molecular flexibility index (Phi) is 7.08. The number of amides is 1. The second-order valence-electron chi connectivity index (χ2n) is 9.94. The van der Waals surface area contributed by atoms with Gasteiger partial charge in [-0.25, -0.2) is 14.8 Å². The van der Waals surface area contributed by atoms with Gasteiger partial charge in [-0.15, -0.1) is 0 Å². The van der Waals surface area contributed by atoms with Crippen LogP contribution in [-0.4, -0.2) is 41.0 Å². The Morgan fingerprint density at radius 1 is 1.03 bits per heavy atom. The number of methoxy groups -OCH3 is 1. The molecule has 0 spiro atoms. The van der Waals surface area contributed by atoms with E-state index < -0.39 is 0 Å². The van der Waals surface area contributed by atoms with Gasteiger partial charge in [0, 0.05) is 23.4 Å². The van der Waals surface area contributed by atoms with Crippen LogP contribution in [0.2, 0.25) is 0 Å². The molecule has 3 N–H and O–H groups in total. The van der Waals surface area contributed by atoms with Gasteiger partial charge in [-0.05, 0) is 67.5 Å². The van der Waals surface area contributed by atoms with Gasteiger partial charge >= 0.3 is 5.97 Å². The number of benzene rings is 2. The zero-order valence-electron chi connectivity index (χ0n) is 21.3. The lowest BCUT2D eigenvalue weighted by Gasteiger charge is -2.34. The van der Waals surface area contributed by atoms with Crippen molar-refractivity contribution in [1.82, 2.24) is 15.3 Å². The normalized spacial score (nSPS) is 20.8. The minimum Gasteiger partial charge on any atom is -0.467 e. The Hall–Kier alpha value is -3.94. The number of carbonyl (C=O) groups is 2. The molecule has 1 saturated carbocycles. The smallest absolute Gasteiger partial charge is 0.328 e. The first-order chi connectivity index (χ1) is 17.9. The van der Waals surface area contributed by atoms with Crippen molar-refractivity contribution in [2.45, 2.75) is 57.7 Å². The summed E-state index contributed by atoms with van der Waals surface area (Å²) in [5, 5.41) is 2.97. The lowest BCUT2D eigenvalue weighted by Crippen LogP contribution is -2.43. The van der Waals surface area contributed by atoms with E-state index in [1.54, 1.807) is 0 Å². The SMILES string of the molecule is COC(=O)[C@@H]1C[C@@H]2CCCC[C@@H]2N1c1cc(CNC(=O)c2ccc(-c3ccc(N)cc3)cc2)nc(C)n1. The fraction of sp³-hybridized carbons (Fsp3) is 0.379. The first-order valence-electron chi connectivity index (χ1n) is 12.9. The van der Waals surface area contributed by atoms with E-state index in [2.05, 4.69) is 20.2 Å². The molecule has 1 amide bonds. The molecular formula is C29H33N5O3. The van der Waals surface area contributed by atoms with Gasteiger partial charge in [-0.1, -0.05) is 37.1 Å². The maximum absolute atomic E-state index is 12.9. The Labute approximate surface area is 217 Å². The highest BCUT2D eigenvalue weighted by Gasteiger charge is 2.46. The predicted octanol–water partition coefficient (Wildman–Crippen LogP) is 4.27. The molecule has 0 radical (unpaired) electrons. The lowest BCUT2D eigenvalue weighted by molar-refractivity contribution is -0.142. The molecule has 5 rings (SSSR count). The number of aromatic nitrogens is 2. The quantitative estimate of drug-likeness (QED) is 0.385. The molecule has 1 aromatic heterocycles. The first-order valence-corrected chi connectivity index (χ1v) is 12.9. The van der Waals surface area contributed by atoms with E-state index in [0.29, 0.717) is 28.7 Å². The van der Waals surface area contributed by atoms with Crippen molar-refractivity contribution in [2.24, 2.45) is 5.92 Å². The van der Waals surface area contributed by atoms with E-state index in [1.165, 1.54) is 13.5 Å². The predicted molar refractivity (Wildman–Crippen MR) is 143 cm³/mol. The number of ether oxygens (including phenoxy) is 1. The van der Waals surface area contributed by atoms with Crippen LogP contribution in [-0.2, 0) is 16.1 Å². The number of nitrogens with two attached hydrogens (primary N) is 1. The van der Waals surface area contributed by atoms with E-state index in [4.69, 9.17) is 10.5 Å². The third-order valence-electron chi connectivity index (χ3n) is 7.52. The summed E-state index contributed by atoms with van der Waals surface area (Å²) in [6.45, 7) is 2.10. The van der Waals surface area contributed by atoms with Crippen molar-refractivity contribution >= 4 is 23.4 Å². The average Bonchev–Trinajstić information content (AvgIpc) is 3.31. The number of hydrogen-bond acceptors (Lipinski definition) is 7. The van der Waals surface area contributed by atoms with Crippen LogP contribution in [0, 0.1) is 12.8 Å². The fourth-order valence-electron chi connectivity index (χ4n) is 5.73. The number of nitrogens with one attached hydrogen (secondary N) is 1. The van der Waals surface area contributed by atoms with Crippen molar-refractivity contribution in [1.29, 1.82) is 0 Å². The van der Waals surface area contributed by atoms with E-state index in [0.717, 1.165) is 42.6 Å². The number of rotatable bonds is 6. The number of aryl methyl sites for hydroxylation is 1. The number of esters is 1. The van der Waals surface area contributed by atoms with Crippen molar-refractivity contribution in [3.05, 3.63) is 71.7 Å². The van der Waals surface area contributed by atoms with Crippen molar-refractivity contribution in [3.8, 4) is 11.1 Å². The summed E-state index contributed by atoms with van der Waals surface area (Å²) in [7, 11) is 1.44. The van der Waals surface area contributed by atoms with Crippen LogP contribution in [0.25, 0.3) is 11.1 Å². The van der Waals surface area contributed by atoms with Crippen LogP contribution in [0.3, 0.4) is 0 Å². The molecule has 2 heterocycles. The molecule has 1 saturated heterocycles. The summed E-state index contributed by atoms with van der Waals surface area (Å²) in [5.74, 6) is 1.41. The van der Waals surface area contributed by atoms with Crippen LogP contribution in [0.4, 0.5) is 11.5 Å². The topological polar surface area (TPSA) is 110 Å². The zero-order valence-corrected chi connectivity index (χ0v) is 21.3. The largest absolute Gasteiger partial charge is 0.467 e. The van der Waals surface area contributed by atoms with Crippen LogP contribution in [0.1, 0.15) is 54.0 Å². The minimum atomic E-state index is -0.339. The molecule has 0 bridgehead atoms. The van der Waals surface area contributed by atoms with Crippen LogP contribution >= 0.6 is 0 Å². The van der Waals surface area contributed by atoms with Crippen molar-refractivity contribution in [3.63, 3.8) is 0 Å². The first kappa shape index (κ1) is 24.7. The van der Waals surface area contributed by atoms with E-state index in [1.807, 2.05) is 61.5 Å². The highest BCUT2D eigenvalue weighted by Crippen LogP contribution is 2.42. The second-order valence-corrected chi connectivity index (χ2v) is 9.94. The molecule has 1 aliphatic carbocycles. The Morgan fingerprint density at radius 2 is 1.70 bits per heavy atom. The molecule has 0 unspecified atom stereocenters. The number of carbonyl (C=O) groups excluding carboxylic acids is 2. The van der Waals surface area contributed by atoms with E-state index >= 15 is 0 Å². The number of hydrogen-bond donors (Lipinski definition) is 2. The highest BCUT2D eigenvalue weighted by atomic mass is 16.5. The van der Waals surface area contributed by atoms with Gasteiger partial charge in [0.1, 0.15) is 17.7 Å². The molecule has 2 aromatic carbocycles. The monoisotopic (exact) mass is 499 g/mol. The lowest BCUT2D eigenvalue weighted by atomic mass is 9.85. The Bertz CT molecular complexity index is 1280. The van der Waals surface area contributed by atoms with Crippen LogP contribution in [0.15, 0.2) is 54.6 Å². The average molecular weight is 500 g/mol. The molecule has 2 aliphatic rings. The summed E-state index contributed by atoms with van der Waals surface area (Å²) >= 11 is 0. The number of nitrogen functional groups attached to an aromatic ring is 1. The molecule has 1 aliphatic heterocycles. The van der Waals surface area contributed by atoms with Gasteiger partial charge < -0.3 is 20.7 Å². The number of anilines is 2. The standard InChI is InChI=1S/C29H33N5O3/c1-18-32-24(16-27(33-18)34-25-6-4-3-5-22(25)15-26(34)29(36)37-2)17-31-28(35)21-9-7-19(8-10-21)20-11-13-23(30)14-12-20/h7-14,16,22,25-26H,3-6,15,17,30H2,1-2H3,(H,31,35)/t22-,25-,26-/m0/s1. The van der Waals surface area contributed by atoms with Gasteiger partial charge in [-0.3, -0.25) is 4.79 Å². The molecule has 8 nitrogen and oxygen atoms in total. The Morgan fingerprint density at radius 3 is 2.41 bits per heavy atom.